The van der Waals surface area contributed by atoms with Crippen LogP contribution in [0.25, 0.3) is 0 Å². The van der Waals surface area contributed by atoms with Crippen LogP contribution in [0.15, 0.2) is 60.7 Å². The number of carbonyl (C=O) groups is 2. The van der Waals surface area contributed by atoms with E-state index in [1.54, 1.807) is 18.7 Å². The monoisotopic (exact) mass is 486 g/mol. The number of rotatable bonds is 9. The number of amides is 2. The van der Waals surface area contributed by atoms with E-state index in [1.807, 2.05) is 60.7 Å². The van der Waals surface area contributed by atoms with Crippen molar-refractivity contribution in [2.24, 2.45) is 11.7 Å². The molecule has 0 radical (unpaired) electrons. The van der Waals surface area contributed by atoms with E-state index in [1.165, 1.54) is 4.31 Å². The first-order valence-electron chi connectivity index (χ1n) is 11.4. The smallest absolute Gasteiger partial charge is 0.242 e. The van der Waals surface area contributed by atoms with Crippen LogP contribution in [0.4, 0.5) is 0 Å². The third-order valence-electron chi connectivity index (χ3n) is 6.05. The first-order chi connectivity index (χ1) is 16.0. The summed E-state index contributed by atoms with van der Waals surface area (Å²) in [6, 6.07) is 19.0. The average Bonchev–Trinajstić information content (AvgIpc) is 3.23. The van der Waals surface area contributed by atoms with Crippen LogP contribution in [0, 0.1) is 5.92 Å². The SMILES string of the molecule is CC(C)(N)C(=O)N1CC(C(=O)NCCN(Cc2ccccc2)S(C)(=O)=O)C(c2ccccc2)C1. The quantitative estimate of drug-likeness (QED) is 0.558. The summed E-state index contributed by atoms with van der Waals surface area (Å²) in [5.41, 5.74) is 6.85. The van der Waals surface area contributed by atoms with Crippen molar-refractivity contribution in [2.45, 2.75) is 31.8 Å². The molecule has 1 heterocycles. The number of hydrogen-bond acceptors (Lipinski definition) is 5. The number of nitrogens with zero attached hydrogens (tertiary/aromatic N) is 2. The summed E-state index contributed by atoms with van der Waals surface area (Å²) in [5, 5.41) is 2.90. The highest BCUT2D eigenvalue weighted by molar-refractivity contribution is 7.88. The maximum absolute atomic E-state index is 13.2. The molecule has 2 amide bonds. The third kappa shape index (κ3) is 6.65. The first kappa shape index (κ1) is 25.9. The van der Waals surface area contributed by atoms with Gasteiger partial charge in [-0.3, -0.25) is 9.59 Å². The lowest BCUT2D eigenvalue weighted by Gasteiger charge is -2.25. The van der Waals surface area contributed by atoms with Crippen LogP contribution in [0.5, 0.6) is 0 Å². The van der Waals surface area contributed by atoms with Gasteiger partial charge in [-0.2, -0.15) is 4.31 Å². The molecule has 0 spiro atoms. The Labute approximate surface area is 202 Å². The Hall–Kier alpha value is -2.75. The molecule has 184 valence electrons. The number of hydrogen-bond donors (Lipinski definition) is 2. The number of likely N-dealkylation sites (tertiary alicyclic amines) is 1. The molecule has 3 N–H and O–H groups in total. The van der Waals surface area contributed by atoms with Gasteiger partial charge in [-0.1, -0.05) is 60.7 Å². The van der Waals surface area contributed by atoms with Crippen LogP contribution < -0.4 is 11.1 Å². The molecular weight excluding hydrogens is 452 g/mol. The summed E-state index contributed by atoms with van der Waals surface area (Å²) in [6.45, 7) is 4.56. The molecule has 34 heavy (non-hydrogen) atoms. The Kier molecular flexibility index (Phi) is 8.12. The third-order valence-corrected chi connectivity index (χ3v) is 7.30. The summed E-state index contributed by atoms with van der Waals surface area (Å²) >= 11 is 0. The molecule has 0 aliphatic carbocycles. The highest BCUT2D eigenvalue weighted by Gasteiger charge is 2.42. The molecule has 2 atom stereocenters. The highest BCUT2D eigenvalue weighted by atomic mass is 32.2. The Morgan fingerprint density at radius 2 is 1.65 bits per heavy atom. The van der Waals surface area contributed by atoms with Crippen molar-refractivity contribution < 1.29 is 18.0 Å². The van der Waals surface area contributed by atoms with Gasteiger partial charge >= 0.3 is 0 Å². The Morgan fingerprint density at radius 1 is 1.06 bits per heavy atom. The minimum atomic E-state index is -3.45. The molecule has 8 nitrogen and oxygen atoms in total. The normalized spacial score (nSPS) is 18.8. The van der Waals surface area contributed by atoms with E-state index in [9.17, 15) is 18.0 Å². The molecule has 3 rings (SSSR count). The van der Waals surface area contributed by atoms with Crippen molar-refractivity contribution in [1.82, 2.24) is 14.5 Å². The van der Waals surface area contributed by atoms with Crippen molar-refractivity contribution in [1.29, 1.82) is 0 Å². The van der Waals surface area contributed by atoms with E-state index < -0.39 is 21.5 Å². The molecule has 2 aromatic carbocycles. The maximum Gasteiger partial charge on any atom is 0.242 e. The van der Waals surface area contributed by atoms with E-state index in [0.29, 0.717) is 6.54 Å². The fraction of sp³-hybridized carbons (Fsp3) is 0.440. The summed E-state index contributed by atoms with van der Waals surface area (Å²) in [4.78, 5) is 27.6. The van der Waals surface area contributed by atoms with Crippen LogP contribution in [0.2, 0.25) is 0 Å². The number of carbonyl (C=O) groups excluding carboxylic acids is 2. The van der Waals surface area contributed by atoms with E-state index in [-0.39, 0.29) is 43.9 Å². The lowest BCUT2D eigenvalue weighted by Crippen LogP contribution is -2.50. The molecule has 0 saturated carbocycles. The highest BCUT2D eigenvalue weighted by Crippen LogP contribution is 2.33. The van der Waals surface area contributed by atoms with E-state index in [2.05, 4.69) is 5.32 Å². The zero-order valence-corrected chi connectivity index (χ0v) is 20.8. The summed E-state index contributed by atoms with van der Waals surface area (Å²) in [6.07, 6.45) is 1.16. The number of nitrogens with one attached hydrogen (secondary N) is 1. The van der Waals surface area contributed by atoms with Crippen LogP contribution in [-0.4, -0.2) is 67.4 Å². The fourth-order valence-electron chi connectivity index (χ4n) is 4.26. The van der Waals surface area contributed by atoms with E-state index >= 15 is 0 Å². The van der Waals surface area contributed by atoms with Gasteiger partial charge in [0.05, 0.1) is 17.7 Å². The van der Waals surface area contributed by atoms with E-state index in [4.69, 9.17) is 5.73 Å². The van der Waals surface area contributed by atoms with Crippen LogP contribution >= 0.6 is 0 Å². The van der Waals surface area contributed by atoms with Crippen LogP contribution in [0.3, 0.4) is 0 Å². The zero-order valence-electron chi connectivity index (χ0n) is 20.0. The Balaban J connectivity index is 1.68. The van der Waals surface area contributed by atoms with Gasteiger partial charge in [0.25, 0.3) is 0 Å². The molecule has 1 aliphatic rings. The van der Waals surface area contributed by atoms with Gasteiger partial charge in [0.1, 0.15) is 0 Å². The maximum atomic E-state index is 13.2. The van der Waals surface area contributed by atoms with Crippen molar-refractivity contribution in [3.8, 4) is 0 Å². The molecule has 0 aromatic heterocycles. The van der Waals surface area contributed by atoms with Crippen molar-refractivity contribution in [3.05, 3.63) is 71.8 Å². The van der Waals surface area contributed by atoms with E-state index in [0.717, 1.165) is 17.4 Å². The van der Waals surface area contributed by atoms with Crippen molar-refractivity contribution >= 4 is 21.8 Å². The number of benzene rings is 2. The molecule has 1 fully saturated rings. The molecule has 2 unspecified atom stereocenters. The minimum absolute atomic E-state index is 0.153. The van der Waals surface area contributed by atoms with Gasteiger partial charge in [-0.15, -0.1) is 0 Å². The zero-order chi connectivity index (χ0) is 24.9. The topological polar surface area (TPSA) is 113 Å². The van der Waals surface area contributed by atoms with Crippen molar-refractivity contribution in [2.75, 3.05) is 32.4 Å². The van der Waals surface area contributed by atoms with Gasteiger partial charge in [0.2, 0.25) is 21.8 Å². The average molecular weight is 487 g/mol. The second kappa shape index (κ2) is 10.7. The standard InChI is InChI=1S/C25H34N4O4S/c1-25(2,26)24(31)28-17-21(20-12-8-5-9-13-20)22(18-28)23(30)27-14-15-29(34(3,32)33)16-19-10-6-4-7-11-19/h4-13,21-22H,14-18,26H2,1-3H3,(H,27,30). The predicted molar refractivity (Wildman–Crippen MR) is 132 cm³/mol. The molecule has 1 aliphatic heterocycles. The lowest BCUT2D eigenvalue weighted by atomic mass is 9.88. The van der Waals surface area contributed by atoms with Gasteiger partial charge in [-0.25, -0.2) is 8.42 Å². The summed E-state index contributed by atoms with van der Waals surface area (Å²) in [5.74, 6) is -1.01. The number of nitrogens with two attached hydrogens (primary N) is 1. The van der Waals surface area contributed by atoms with Gasteiger partial charge in [0.15, 0.2) is 0 Å². The summed E-state index contributed by atoms with van der Waals surface area (Å²) in [7, 11) is -3.45. The molecule has 2 aromatic rings. The van der Waals surface area contributed by atoms with Crippen LogP contribution in [-0.2, 0) is 26.2 Å². The molecule has 9 heteroatoms. The van der Waals surface area contributed by atoms with Crippen molar-refractivity contribution in [3.63, 3.8) is 0 Å². The van der Waals surface area contributed by atoms with Crippen LogP contribution in [0.1, 0.15) is 30.9 Å². The fourth-order valence-corrected chi connectivity index (χ4v) is 5.07. The largest absolute Gasteiger partial charge is 0.354 e. The van der Waals surface area contributed by atoms with Gasteiger partial charge in [-0.05, 0) is 25.0 Å². The first-order valence-corrected chi connectivity index (χ1v) is 13.2. The minimum Gasteiger partial charge on any atom is -0.354 e. The summed E-state index contributed by atoms with van der Waals surface area (Å²) < 4.78 is 25.9. The van der Waals surface area contributed by atoms with Gasteiger partial charge < -0.3 is 16.0 Å². The second-order valence-electron chi connectivity index (χ2n) is 9.43. The molecular formula is C25H34N4O4S. The molecule has 0 bridgehead atoms. The predicted octanol–water partition coefficient (Wildman–Crippen LogP) is 1.54. The lowest BCUT2D eigenvalue weighted by molar-refractivity contribution is -0.135. The van der Waals surface area contributed by atoms with Gasteiger partial charge in [0, 0.05) is 38.6 Å². The second-order valence-corrected chi connectivity index (χ2v) is 11.4. The molecule has 1 saturated heterocycles. The Bertz CT molecular complexity index is 1080. The number of sulfonamides is 1. The Morgan fingerprint density at radius 3 is 2.21 bits per heavy atom.